The van der Waals surface area contributed by atoms with Crippen LogP contribution in [0.15, 0.2) is 51.0 Å². The molecule has 0 radical (unpaired) electrons. The Labute approximate surface area is 161 Å². The first-order valence-corrected chi connectivity index (χ1v) is 9.41. The van der Waals surface area contributed by atoms with Crippen LogP contribution in [-0.4, -0.2) is 15.0 Å². The molecule has 1 amide bonds. The normalized spacial score (nSPS) is 11.3. The lowest BCUT2D eigenvalue weighted by Crippen LogP contribution is -2.19. The Balaban J connectivity index is 2.17. The van der Waals surface area contributed by atoms with Gasteiger partial charge in [0, 0.05) is 29.8 Å². The van der Waals surface area contributed by atoms with Crippen molar-refractivity contribution in [3.63, 3.8) is 0 Å². The number of carbonyl (C=O) groups excluding carboxylic acids is 1. The van der Waals surface area contributed by atoms with Gasteiger partial charge in [-0.2, -0.15) is 0 Å². The zero-order valence-electron chi connectivity index (χ0n) is 15.0. The number of fused-ring (bicyclic) bond motifs is 1. The van der Waals surface area contributed by atoms with Gasteiger partial charge in [-0.1, -0.05) is 49.3 Å². The Hall–Kier alpha value is -2.18. The molecule has 0 saturated heterocycles. The quantitative estimate of drug-likeness (QED) is 0.724. The van der Waals surface area contributed by atoms with Crippen molar-refractivity contribution in [2.45, 2.75) is 23.6 Å². The molecule has 1 N–H and O–H groups in total. The van der Waals surface area contributed by atoms with Gasteiger partial charge < -0.3 is 5.32 Å². The summed E-state index contributed by atoms with van der Waals surface area (Å²) in [5, 5.41) is 3.61. The van der Waals surface area contributed by atoms with E-state index in [1.165, 1.54) is 11.8 Å². The van der Waals surface area contributed by atoms with E-state index >= 15 is 0 Å². The van der Waals surface area contributed by atoms with E-state index in [1.54, 1.807) is 23.2 Å². The molecule has 0 saturated carbocycles. The van der Waals surface area contributed by atoms with Crippen molar-refractivity contribution in [1.82, 2.24) is 9.13 Å². The maximum atomic E-state index is 12.3. The summed E-state index contributed by atoms with van der Waals surface area (Å²) in [6.45, 7) is 3.68. The number of carbonyl (C=O) groups is 1. The molecule has 3 aromatic rings. The van der Waals surface area contributed by atoms with Crippen molar-refractivity contribution in [3.05, 3.63) is 51.9 Å². The third-order valence-electron chi connectivity index (χ3n) is 4.21. The van der Waals surface area contributed by atoms with Crippen LogP contribution < -0.4 is 11.0 Å². The monoisotopic (exact) mass is 389 g/mol. The predicted molar refractivity (Wildman–Crippen MR) is 107 cm³/mol. The fourth-order valence-electron chi connectivity index (χ4n) is 2.63. The van der Waals surface area contributed by atoms with Crippen molar-refractivity contribution < 1.29 is 4.79 Å². The molecule has 0 bridgehead atoms. The summed E-state index contributed by atoms with van der Waals surface area (Å²) in [6.07, 6.45) is 0. The summed E-state index contributed by atoms with van der Waals surface area (Å²) in [4.78, 5) is 26.2. The topological polar surface area (TPSA) is 56.0 Å². The minimum Gasteiger partial charge on any atom is -0.325 e. The largest absolute Gasteiger partial charge is 0.328 e. The van der Waals surface area contributed by atoms with Gasteiger partial charge in [0.25, 0.3) is 0 Å². The molecule has 1 aromatic heterocycles. The van der Waals surface area contributed by atoms with Crippen molar-refractivity contribution in [2.24, 2.45) is 20.0 Å². The fourth-order valence-corrected chi connectivity index (χ4v) is 3.82. The van der Waals surface area contributed by atoms with Crippen LogP contribution >= 0.6 is 23.4 Å². The van der Waals surface area contributed by atoms with E-state index in [-0.39, 0.29) is 17.5 Å². The lowest BCUT2D eigenvalue weighted by molar-refractivity contribution is -0.118. The smallest absolute Gasteiger partial charge is 0.325 e. The van der Waals surface area contributed by atoms with Gasteiger partial charge in [0.15, 0.2) is 0 Å². The average molecular weight is 390 g/mol. The van der Waals surface area contributed by atoms with Gasteiger partial charge in [-0.15, -0.1) is 0 Å². The number of rotatable bonds is 4. The molecule has 5 nitrogen and oxygen atoms in total. The highest BCUT2D eigenvalue weighted by atomic mass is 35.5. The molecule has 0 aliphatic carbocycles. The lowest BCUT2D eigenvalue weighted by Gasteiger charge is -2.14. The molecule has 26 heavy (non-hydrogen) atoms. The summed E-state index contributed by atoms with van der Waals surface area (Å²) in [6, 6.07) is 11.3. The maximum Gasteiger partial charge on any atom is 0.328 e. The number of anilines is 1. The number of amides is 1. The second kappa shape index (κ2) is 7.21. The van der Waals surface area contributed by atoms with Crippen LogP contribution in [0.25, 0.3) is 11.0 Å². The van der Waals surface area contributed by atoms with E-state index in [0.717, 1.165) is 20.8 Å². The SMILES string of the molecule is CC(C)C(=O)Nc1cc2c(cc1Sc1ccccc1Cl)n(C)c(=O)n2C. The number of nitrogens with one attached hydrogen (secondary N) is 1. The van der Waals surface area contributed by atoms with Gasteiger partial charge in [0.2, 0.25) is 5.91 Å². The van der Waals surface area contributed by atoms with Gasteiger partial charge in [-0.05, 0) is 24.3 Å². The van der Waals surface area contributed by atoms with Crippen molar-refractivity contribution >= 4 is 46.0 Å². The number of aryl methyl sites for hydroxylation is 2. The van der Waals surface area contributed by atoms with Crippen LogP contribution in [0.3, 0.4) is 0 Å². The third-order valence-corrected chi connectivity index (χ3v) is 5.79. The molecule has 3 rings (SSSR count). The average Bonchev–Trinajstić information content (AvgIpc) is 2.81. The van der Waals surface area contributed by atoms with Crippen LogP contribution in [0.2, 0.25) is 5.02 Å². The second-order valence-corrected chi connectivity index (χ2v) is 7.91. The molecular formula is C19H20ClN3O2S. The van der Waals surface area contributed by atoms with Crippen LogP contribution in [0, 0.1) is 5.92 Å². The summed E-state index contributed by atoms with van der Waals surface area (Å²) >= 11 is 7.76. The lowest BCUT2D eigenvalue weighted by atomic mass is 10.2. The number of aromatic nitrogens is 2. The fraction of sp³-hybridized carbons (Fsp3) is 0.263. The molecule has 136 valence electrons. The Morgan fingerprint density at radius 2 is 1.69 bits per heavy atom. The Kier molecular flexibility index (Phi) is 5.16. The minimum atomic E-state index is -0.150. The van der Waals surface area contributed by atoms with Crippen molar-refractivity contribution in [3.8, 4) is 0 Å². The first kappa shape index (κ1) is 18.6. The maximum absolute atomic E-state index is 12.3. The summed E-state index contributed by atoms with van der Waals surface area (Å²) in [5.74, 6) is -0.227. The number of hydrogen-bond acceptors (Lipinski definition) is 3. The van der Waals surface area contributed by atoms with Gasteiger partial charge in [-0.25, -0.2) is 4.79 Å². The summed E-state index contributed by atoms with van der Waals surface area (Å²) in [5.41, 5.74) is 2.12. The van der Waals surface area contributed by atoms with Gasteiger partial charge in [0.1, 0.15) is 0 Å². The molecule has 0 fully saturated rings. The number of hydrogen-bond donors (Lipinski definition) is 1. The van der Waals surface area contributed by atoms with Crippen LogP contribution in [0.1, 0.15) is 13.8 Å². The number of halogens is 1. The van der Waals surface area contributed by atoms with Crippen LogP contribution in [0.5, 0.6) is 0 Å². The molecule has 7 heteroatoms. The Morgan fingerprint density at radius 3 is 2.31 bits per heavy atom. The van der Waals surface area contributed by atoms with E-state index in [2.05, 4.69) is 5.32 Å². The molecule has 0 aliphatic heterocycles. The number of benzene rings is 2. The van der Waals surface area contributed by atoms with E-state index in [1.807, 2.05) is 50.2 Å². The highest BCUT2D eigenvalue weighted by molar-refractivity contribution is 7.99. The molecule has 0 aliphatic rings. The van der Waals surface area contributed by atoms with E-state index in [9.17, 15) is 9.59 Å². The van der Waals surface area contributed by atoms with Crippen molar-refractivity contribution in [2.75, 3.05) is 5.32 Å². The van der Waals surface area contributed by atoms with Crippen molar-refractivity contribution in [1.29, 1.82) is 0 Å². The number of nitrogens with zero attached hydrogens (tertiary/aromatic N) is 2. The van der Waals surface area contributed by atoms with Gasteiger partial charge >= 0.3 is 5.69 Å². The highest BCUT2D eigenvalue weighted by Gasteiger charge is 2.17. The first-order valence-electron chi connectivity index (χ1n) is 8.22. The standard InChI is InChI=1S/C19H20ClN3O2S/c1-11(2)18(24)21-13-9-14-15(23(4)19(25)22(14)3)10-17(13)26-16-8-6-5-7-12(16)20/h5-11H,1-4H3,(H,21,24). The first-order chi connectivity index (χ1) is 12.3. The highest BCUT2D eigenvalue weighted by Crippen LogP contribution is 2.39. The third kappa shape index (κ3) is 3.39. The van der Waals surface area contributed by atoms with Crippen LogP contribution in [-0.2, 0) is 18.9 Å². The van der Waals surface area contributed by atoms with E-state index in [4.69, 9.17) is 11.6 Å². The van der Waals surface area contributed by atoms with Gasteiger partial charge in [-0.3, -0.25) is 13.9 Å². The molecule has 2 aromatic carbocycles. The zero-order chi connectivity index (χ0) is 19.0. The molecule has 0 atom stereocenters. The molecular weight excluding hydrogens is 370 g/mol. The van der Waals surface area contributed by atoms with E-state index in [0.29, 0.717) is 10.7 Å². The second-order valence-electron chi connectivity index (χ2n) is 6.41. The van der Waals surface area contributed by atoms with Crippen LogP contribution in [0.4, 0.5) is 5.69 Å². The van der Waals surface area contributed by atoms with Gasteiger partial charge in [0.05, 0.1) is 21.7 Å². The Morgan fingerprint density at radius 1 is 1.08 bits per heavy atom. The zero-order valence-corrected chi connectivity index (χ0v) is 16.6. The molecule has 0 unspecified atom stereocenters. The molecule has 0 spiro atoms. The Bertz CT molecular complexity index is 1050. The minimum absolute atomic E-state index is 0.0775. The molecule has 1 heterocycles. The van der Waals surface area contributed by atoms with E-state index < -0.39 is 0 Å². The summed E-state index contributed by atoms with van der Waals surface area (Å²) < 4.78 is 3.17. The predicted octanol–water partition coefficient (Wildman–Crippen LogP) is 4.28. The number of imidazole rings is 1. The summed E-state index contributed by atoms with van der Waals surface area (Å²) in [7, 11) is 3.46.